The van der Waals surface area contributed by atoms with Gasteiger partial charge >= 0.3 is 0 Å². The zero-order chi connectivity index (χ0) is 15.5. The lowest BCUT2D eigenvalue weighted by atomic mass is 10.1. The summed E-state index contributed by atoms with van der Waals surface area (Å²) in [6, 6.07) is 3.79. The average molecular weight is 307 g/mol. The summed E-state index contributed by atoms with van der Waals surface area (Å²) in [5.74, 6) is 0.872. The maximum absolute atomic E-state index is 12.4. The van der Waals surface area contributed by atoms with E-state index in [9.17, 15) is 8.42 Å². The van der Waals surface area contributed by atoms with Crippen molar-refractivity contribution in [3.05, 3.63) is 47.0 Å². The summed E-state index contributed by atoms with van der Waals surface area (Å²) in [5, 5.41) is 0. The number of aromatic amines is 1. The second-order valence-electron chi connectivity index (χ2n) is 5.27. The molecular weight excluding hydrogens is 286 g/mol. The van der Waals surface area contributed by atoms with Crippen molar-refractivity contribution < 1.29 is 8.42 Å². The molecule has 1 aromatic heterocycles. The molecule has 21 heavy (non-hydrogen) atoms. The summed E-state index contributed by atoms with van der Waals surface area (Å²) in [6.07, 6.45) is 4.88. The Morgan fingerprint density at radius 2 is 1.86 bits per heavy atom. The monoisotopic (exact) mass is 307 g/mol. The molecule has 114 valence electrons. The van der Waals surface area contributed by atoms with Crippen molar-refractivity contribution in [3.63, 3.8) is 0 Å². The number of aryl methyl sites for hydroxylation is 4. The van der Waals surface area contributed by atoms with Gasteiger partial charge in [0.05, 0.1) is 4.90 Å². The van der Waals surface area contributed by atoms with Crippen molar-refractivity contribution in [2.75, 3.05) is 6.54 Å². The number of hydrogen-bond donors (Lipinski definition) is 2. The Morgan fingerprint density at radius 3 is 2.43 bits per heavy atom. The molecule has 2 N–H and O–H groups in total. The minimum absolute atomic E-state index is 0.395. The van der Waals surface area contributed by atoms with E-state index in [-0.39, 0.29) is 0 Å². The lowest BCUT2D eigenvalue weighted by Gasteiger charge is -2.13. The van der Waals surface area contributed by atoms with Gasteiger partial charge in [-0.3, -0.25) is 0 Å². The predicted molar refractivity (Wildman–Crippen MR) is 82.8 cm³/mol. The molecule has 6 heteroatoms. The van der Waals surface area contributed by atoms with Crippen molar-refractivity contribution in [2.45, 2.75) is 38.5 Å². The molecule has 0 saturated heterocycles. The molecule has 2 rings (SSSR count). The predicted octanol–water partition coefficient (Wildman–Crippen LogP) is 2.25. The fourth-order valence-corrected chi connectivity index (χ4v) is 4.08. The Morgan fingerprint density at radius 1 is 1.19 bits per heavy atom. The first-order valence-corrected chi connectivity index (χ1v) is 8.44. The van der Waals surface area contributed by atoms with Crippen LogP contribution in [0.15, 0.2) is 29.4 Å². The standard InChI is InChI=1S/C15H21N3O2S/c1-11-9-12(2)15(13(3)10-11)21(19,20)18-6-4-5-14-16-7-8-17-14/h7-10,18H,4-6H2,1-3H3,(H,16,17). The maximum atomic E-state index is 12.4. The van der Waals surface area contributed by atoms with Gasteiger partial charge in [0.15, 0.2) is 0 Å². The number of sulfonamides is 1. The maximum Gasteiger partial charge on any atom is 0.241 e. The van der Waals surface area contributed by atoms with E-state index in [1.807, 2.05) is 32.9 Å². The van der Waals surface area contributed by atoms with Crippen LogP contribution in [-0.2, 0) is 16.4 Å². The molecule has 0 spiro atoms. The molecule has 0 unspecified atom stereocenters. The van der Waals surface area contributed by atoms with Crippen LogP contribution in [-0.4, -0.2) is 24.9 Å². The van der Waals surface area contributed by atoms with Crippen LogP contribution < -0.4 is 4.72 Å². The summed E-state index contributed by atoms with van der Waals surface area (Å²) >= 11 is 0. The first-order chi connectivity index (χ1) is 9.90. The number of nitrogens with zero attached hydrogens (tertiary/aromatic N) is 1. The third-order valence-corrected chi connectivity index (χ3v) is 5.08. The second-order valence-corrected chi connectivity index (χ2v) is 6.97. The van der Waals surface area contributed by atoms with E-state index in [0.29, 0.717) is 17.9 Å². The molecule has 0 radical (unpaired) electrons. The smallest absolute Gasteiger partial charge is 0.241 e. The molecule has 1 heterocycles. The lowest BCUT2D eigenvalue weighted by molar-refractivity contribution is 0.577. The molecule has 0 bridgehead atoms. The number of imidazole rings is 1. The molecule has 0 amide bonds. The Bertz CT molecular complexity index is 684. The van der Waals surface area contributed by atoms with Crippen molar-refractivity contribution in [1.29, 1.82) is 0 Å². The SMILES string of the molecule is Cc1cc(C)c(S(=O)(=O)NCCCc2ncc[nH]2)c(C)c1. The van der Waals surface area contributed by atoms with Gasteiger partial charge in [0.1, 0.15) is 5.82 Å². The first-order valence-electron chi connectivity index (χ1n) is 6.96. The lowest BCUT2D eigenvalue weighted by Crippen LogP contribution is -2.26. The van der Waals surface area contributed by atoms with E-state index >= 15 is 0 Å². The van der Waals surface area contributed by atoms with Crippen LogP contribution in [0, 0.1) is 20.8 Å². The molecule has 0 aliphatic rings. The van der Waals surface area contributed by atoms with Crippen LogP contribution in [0.25, 0.3) is 0 Å². The van der Waals surface area contributed by atoms with E-state index in [2.05, 4.69) is 14.7 Å². The van der Waals surface area contributed by atoms with Crippen molar-refractivity contribution in [3.8, 4) is 0 Å². The van der Waals surface area contributed by atoms with E-state index in [4.69, 9.17) is 0 Å². The van der Waals surface area contributed by atoms with Crippen molar-refractivity contribution in [2.24, 2.45) is 0 Å². The Labute approximate surface area is 125 Å². The Kier molecular flexibility index (Phi) is 4.80. The Balaban J connectivity index is 2.02. The summed E-state index contributed by atoms with van der Waals surface area (Å²) in [6.45, 7) is 6.03. The zero-order valence-corrected chi connectivity index (χ0v) is 13.4. The highest BCUT2D eigenvalue weighted by molar-refractivity contribution is 7.89. The third-order valence-electron chi connectivity index (χ3n) is 3.31. The second kappa shape index (κ2) is 6.41. The molecule has 2 aromatic rings. The highest BCUT2D eigenvalue weighted by Crippen LogP contribution is 2.21. The van der Waals surface area contributed by atoms with Crippen LogP contribution in [0.5, 0.6) is 0 Å². The summed E-state index contributed by atoms with van der Waals surface area (Å²) in [4.78, 5) is 7.51. The average Bonchev–Trinajstić information content (AvgIpc) is 2.86. The molecule has 1 aromatic carbocycles. The molecule has 0 fully saturated rings. The highest BCUT2D eigenvalue weighted by atomic mass is 32.2. The molecule has 5 nitrogen and oxygen atoms in total. The van der Waals surface area contributed by atoms with Gasteiger partial charge in [-0.15, -0.1) is 0 Å². The quantitative estimate of drug-likeness (QED) is 0.804. The first kappa shape index (κ1) is 15.7. The van der Waals surface area contributed by atoms with Crippen LogP contribution in [0.4, 0.5) is 0 Å². The minimum atomic E-state index is -3.46. The number of rotatable bonds is 6. The molecule has 0 saturated carbocycles. The molecular formula is C15H21N3O2S. The summed E-state index contributed by atoms with van der Waals surface area (Å²) < 4.78 is 27.5. The van der Waals surface area contributed by atoms with Gasteiger partial charge < -0.3 is 4.98 Å². The van der Waals surface area contributed by atoms with E-state index in [0.717, 1.165) is 28.9 Å². The van der Waals surface area contributed by atoms with Gasteiger partial charge in [0.25, 0.3) is 0 Å². The number of benzene rings is 1. The molecule has 0 aliphatic heterocycles. The minimum Gasteiger partial charge on any atom is -0.349 e. The van der Waals surface area contributed by atoms with Gasteiger partial charge in [0.2, 0.25) is 10.0 Å². The van der Waals surface area contributed by atoms with Gasteiger partial charge in [-0.1, -0.05) is 17.7 Å². The fourth-order valence-electron chi connectivity index (χ4n) is 2.56. The highest BCUT2D eigenvalue weighted by Gasteiger charge is 2.19. The van der Waals surface area contributed by atoms with Gasteiger partial charge in [-0.05, 0) is 38.3 Å². The van der Waals surface area contributed by atoms with Crippen LogP contribution in [0.1, 0.15) is 28.9 Å². The van der Waals surface area contributed by atoms with Crippen LogP contribution in [0.2, 0.25) is 0 Å². The molecule has 0 atom stereocenters. The zero-order valence-electron chi connectivity index (χ0n) is 12.6. The topological polar surface area (TPSA) is 74.8 Å². The van der Waals surface area contributed by atoms with Gasteiger partial charge in [-0.25, -0.2) is 18.1 Å². The third kappa shape index (κ3) is 3.92. The van der Waals surface area contributed by atoms with E-state index in [1.54, 1.807) is 12.4 Å². The van der Waals surface area contributed by atoms with Crippen LogP contribution in [0.3, 0.4) is 0 Å². The number of H-pyrrole nitrogens is 1. The van der Waals surface area contributed by atoms with E-state index < -0.39 is 10.0 Å². The summed E-state index contributed by atoms with van der Waals surface area (Å²) in [7, 11) is -3.46. The van der Waals surface area contributed by atoms with Crippen molar-refractivity contribution in [1.82, 2.24) is 14.7 Å². The number of hydrogen-bond acceptors (Lipinski definition) is 3. The normalized spacial score (nSPS) is 11.8. The number of aromatic nitrogens is 2. The Hall–Kier alpha value is -1.66. The van der Waals surface area contributed by atoms with Gasteiger partial charge in [-0.2, -0.15) is 0 Å². The largest absolute Gasteiger partial charge is 0.349 e. The van der Waals surface area contributed by atoms with E-state index in [1.165, 1.54) is 0 Å². The van der Waals surface area contributed by atoms with Gasteiger partial charge in [0, 0.05) is 25.4 Å². The fraction of sp³-hybridized carbons (Fsp3) is 0.400. The van der Waals surface area contributed by atoms with Crippen LogP contribution >= 0.6 is 0 Å². The number of nitrogens with one attached hydrogen (secondary N) is 2. The molecule has 0 aliphatic carbocycles. The summed E-state index contributed by atoms with van der Waals surface area (Å²) in [5.41, 5.74) is 2.64. The van der Waals surface area contributed by atoms with Crippen molar-refractivity contribution >= 4 is 10.0 Å².